The van der Waals surface area contributed by atoms with Crippen LogP contribution in [0.1, 0.15) is 41.5 Å². The SMILES string of the molecule is O=C(CCc1cccnc1)Cc1ccc(OCc2ccccc2-c2ccc(F)c(CN3CCCC3)c2F)cc1. The molecule has 0 radical (unpaired) electrons. The van der Waals surface area contributed by atoms with Gasteiger partial charge in [0.15, 0.2) is 0 Å². The molecule has 200 valence electrons. The maximum atomic E-state index is 15.6. The Hall–Kier alpha value is -3.90. The van der Waals surface area contributed by atoms with Gasteiger partial charge in [0, 0.05) is 42.9 Å². The normalized spacial score (nSPS) is 13.5. The number of rotatable bonds is 11. The Labute approximate surface area is 228 Å². The van der Waals surface area contributed by atoms with Crippen LogP contribution in [-0.4, -0.2) is 28.8 Å². The molecule has 39 heavy (non-hydrogen) atoms. The third kappa shape index (κ3) is 6.95. The maximum Gasteiger partial charge on any atom is 0.138 e. The molecule has 3 aromatic carbocycles. The van der Waals surface area contributed by atoms with E-state index in [4.69, 9.17) is 4.74 Å². The summed E-state index contributed by atoms with van der Waals surface area (Å²) in [5.41, 5.74) is 3.98. The second-order valence-electron chi connectivity index (χ2n) is 10.0. The molecule has 0 unspecified atom stereocenters. The van der Waals surface area contributed by atoms with Crippen molar-refractivity contribution < 1.29 is 18.3 Å². The topological polar surface area (TPSA) is 42.4 Å². The summed E-state index contributed by atoms with van der Waals surface area (Å²) in [4.78, 5) is 18.6. The molecule has 1 fully saturated rings. The van der Waals surface area contributed by atoms with E-state index in [1.807, 2.05) is 60.7 Å². The van der Waals surface area contributed by atoms with Gasteiger partial charge in [-0.05, 0) is 84.9 Å². The lowest BCUT2D eigenvalue weighted by Crippen LogP contribution is -2.20. The van der Waals surface area contributed by atoms with E-state index in [1.54, 1.807) is 12.4 Å². The highest BCUT2D eigenvalue weighted by atomic mass is 19.1. The summed E-state index contributed by atoms with van der Waals surface area (Å²) in [7, 11) is 0. The summed E-state index contributed by atoms with van der Waals surface area (Å²) >= 11 is 0. The molecule has 1 saturated heterocycles. The van der Waals surface area contributed by atoms with Crippen molar-refractivity contribution in [1.82, 2.24) is 9.88 Å². The molecule has 5 rings (SSSR count). The minimum absolute atomic E-state index is 0.121. The summed E-state index contributed by atoms with van der Waals surface area (Å²) in [6.07, 6.45) is 7.16. The molecular formula is C33H32F2N2O2. The fraction of sp³-hybridized carbons (Fsp3) is 0.273. The minimum atomic E-state index is -0.508. The Morgan fingerprint density at radius 1 is 0.872 bits per heavy atom. The molecule has 0 spiro atoms. The minimum Gasteiger partial charge on any atom is -0.489 e. The van der Waals surface area contributed by atoms with Gasteiger partial charge >= 0.3 is 0 Å². The first-order valence-corrected chi connectivity index (χ1v) is 13.5. The number of carbonyl (C=O) groups excluding carboxylic acids is 1. The van der Waals surface area contributed by atoms with E-state index in [2.05, 4.69) is 9.88 Å². The third-order valence-corrected chi connectivity index (χ3v) is 7.21. The monoisotopic (exact) mass is 526 g/mol. The number of halogens is 2. The summed E-state index contributed by atoms with van der Waals surface area (Å²) in [5.74, 6) is -0.183. The number of pyridine rings is 1. The lowest BCUT2D eigenvalue weighted by molar-refractivity contribution is -0.118. The van der Waals surface area contributed by atoms with E-state index in [0.717, 1.165) is 42.6 Å². The molecule has 1 aliphatic rings. The number of benzene rings is 3. The number of ketones is 1. The van der Waals surface area contributed by atoms with Gasteiger partial charge in [0.2, 0.25) is 0 Å². The molecule has 0 atom stereocenters. The van der Waals surface area contributed by atoms with Crippen LogP contribution in [0.25, 0.3) is 11.1 Å². The van der Waals surface area contributed by atoms with Crippen molar-refractivity contribution in [2.24, 2.45) is 0 Å². The van der Waals surface area contributed by atoms with Crippen LogP contribution in [0.15, 0.2) is 85.2 Å². The van der Waals surface area contributed by atoms with Gasteiger partial charge in [-0.25, -0.2) is 8.78 Å². The molecule has 2 heterocycles. The van der Waals surface area contributed by atoms with Gasteiger partial charge in [0.1, 0.15) is 29.8 Å². The zero-order chi connectivity index (χ0) is 27.0. The largest absolute Gasteiger partial charge is 0.489 e. The third-order valence-electron chi connectivity index (χ3n) is 7.21. The van der Waals surface area contributed by atoms with Crippen LogP contribution in [0.2, 0.25) is 0 Å². The number of carbonyl (C=O) groups is 1. The first kappa shape index (κ1) is 26.7. The van der Waals surface area contributed by atoms with E-state index < -0.39 is 11.6 Å². The molecular weight excluding hydrogens is 494 g/mol. The van der Waals surface area contributed by atoms with Crippen molar-refractivity contribution >= 4 is 5.78 Å². The van der Waals surface area contributed by atoms with Gasteiger partial charge in [-0.15, -0.1) is 0 Å². The second-order valence-corrected chi connectivity index (χ2v) is 10.0. The van der Waals surface area contributed by atoms with Crippen molar-refractivity contribution in [3.8, 4) is 16.9 Å². The van der Waals surface area contributed by atoms with Crippen LogP contribution < -0.4 is 4.74 Å². The smallest absolute Gasteiger partial charge is 0.138 e. The Morgan fingerprint density at radius 3 is 2.44 bits per heavy atom. The molecule has 4 aromatic rings. The number of aryl methyl sites for hydroxylation is 1. The van der Waals surface area contributed by atoms with Crippen LogP contribution in [0.4, 0.5) is 8.78 Å². The van der Waals surface area contributed by atoms with Gasteiger partial charge in [0.05, 0.1) is 0 Å². The van der Waals surface area contributed by atoms with Crippen LogP contribution in [-0.2, 0) is 30.8 Å². The Balaban J connectivity index is 1.22. The summed E-state index contributed by atoms with van der Waals surface area (Å²) in [5, 5.41) is 0. The van der Waals surface area contributed by atoms with E-state index in [0.29, 0.717) is 36.1 Å². The fourth-order valence-electron chi connectivity index (χ4n) is 5.03. The molecule has 6 heteroatoms. The van der Waals surface area contributed by atoms with E-state index >= 15 is 4.39 Å². The molecule has 0 saturated carbocycles. The number of likely N-dealkylation sites (tertiary alicyclic amines) is 1. The van der Waals surface area contributed by atoms with E-state index in [-0.39, 0.29) is 24.5 Å². The Bertz CT molecular complexity index is 1400. The van der Waals surface area contributed by atoms with Crippen molar-refractivity contribution in [2.75, 3.05) is 13.1 Å². The van der Waals surface area contributed by atoms with Crippen LogP contribution in [0, 0.1) is 11.6 Å². The predicted molar refractivity (Wildman–Crippen MR) is 148 cm³/mol. The van der Waals surface area contributed by atoms with Crippen LogP contribution in [0.3, 0.4) is 0 Å². The number of hydrogen-bond donors (Lipinski definition) is 0. The molecule has 4 nitrogen and oxygen atoms in total. The zero-order valence-corrected chi connectivity index (χ0v) is 21.9. The predicted octanol–water partition coefficient (Wildman–Crippen LogP) is 6.95. The maximum absolute atomic E-state index is 15.6. The average molecular weight is 527 g/mol. The second kappa shape index (κ2) is 12.8. The van der Waals surface area contributed by atoms with Gasteiger partial charge in [-0.2, -0.15) is 0 Å². The van der Waals surface area contributed by atoms with Gasteiger partial charge in [-0.3, -0.25) is 14.7 Å². The standard InChI is InChI=1S/C33H32F2N2O2/c34-32-16-15-30(33(35)31(32)22-37-18-3-4-19-37)29-8-2-1-7-26(29)23-39-28-13-10-24(11-14-28)20-27(38)12-9-25-6-5-17-36-21-25/h1-2,5-8,10-11,13-17,21H,3-4,9,12,18-20,22-23H2. The van der Waals surface area contributed by atoms with Crippen molar-refractivity contribution in [3.63, 3.8) is 0 Å². The summed E-state index contributed by atoms with van der Waals surface area (Å²) in [6, 6.07) is 21.7. The number of Topliss-reactive ketones (excluding diaryl/α,β-unsaturated/α-hetero) is 1. The molecule has 1 aromatic heterocycles. The van der Waals surface area contributed by atoms with E-state index in [1.165, 1.54) is 12.1 Å². The molecule has 0 N–H and O–H groups in total. The van der Waals surface area contributed by atoms with Gasteiger partial charge < -0.3 is 4.74 Å². The average Bonchev–Trinajstić information content (AvgIpc) is 3.48. The molecule has 0 amide bonds. The Morgan fingerprint density at radius 2 is 1.67 bits per heavy atom. The van der Waals surface area contributed by atoms with Gasteiger partial charge in [-0.1, -0.05) is 42.5 Å². The number of ether oxygens (including phenoxy) is 1. The fourth-order valence-corrected chi connectivity index (χ4v) is 5.03. The first-order chi connectivity index (χ1) is 19.1. The van der Waals surface area contributed by atoms with Crippen molar-refractivity contribution in [2.45, 2.75) is 45.3 Å². The van der Waals surface area contributed by atoms with Crippen LogP contribution in [0.5, 0.6) is 5.75 Å². The molecule has 0 bridgehead atoms. The van der Waals surface area contributed by atoms with E-state index in [9.17, 15) is 9.18 Å². The lowest BCUT2D eigenvalue weighted by atomic mass is 9.97. The van der Waals surface area contributed by atoms with Crippen molar-refractivity contribution in [3.05, 3.63) is 119 Å². The summed E-state index contributed by atoms with van der Waals surface area (Å²) < 4.78 is 36.2. The highest BCUT2D eigenvalue weighted by Gasteiger charge is 2.21. The highest BCUT2D eigenvalue weighted by Crippen LogP contribution is 2.31. The zero-order valence-electron chi connectivity index (χ0n) is 21.9. The van der Waals surface area contributed by atoms with Gasteiger partial charge in [0.25, 0.3) is 0 Å². The highest BCUT2D eigenvalue weighted by molar-refractivity contribution is 5.81. The summed E-state index contributed by atoms with van der Waals surface area (Å²) in [6.45, 7) is 2.25. The molecule has 1 aliphatic heterocycles. The Kier molecular flexibility index (Phi) is 8.74. The first-order valence-electron chi connectivity index (χ1n) is 13.5. The lowest BCUT2D eigenvalue weighted by Gasteiger charge is -2.18. The number of nitrogens with zero attached hydrogens (tertiary/aromatic N) is 2. The number of aromatic nitrogens is 1. The molecule has 0 aliphatic carbocycles. The van der Waals surface area contributed by atoms with Crippen molar-refractivity contribution in [1.29, 1.82) is 0 Å². The quantitative estimate of drug-likeness (QED) is 0.212. The van der Waals surface area contributed by atoms with Crippen LogP contribution >= 0.6 is 0 Å². The number of hydrogen-bond acceptors (Lipinski definition) is 4.